The normalized spacial score (nSPS) is 20.4. The van der Waals surface area contributed by atoms with Crippen LogP contribution in [0.5, 0.6) is 0 Å². The molecule has 0 bridgehead atoms. The summed E-state index contributed by atoms with van der Waals surface area (Å²) in [4.78, 5) is 0. The summed E-state index contributed by atoms with van der Waals surface area (Å²) in [5.41, 5.74) is 2.26. The van der Waals surface area contributed by atoms with E-state index in [1.807, 2.05) is 31.3 Å². The molecule has 0 aromatic heterocycles. The molecule has 0 heterocycles. The van der Waals surface area contributed by atoms with Gasteiger partial charge >= 0.3 is 0 Å². The first-order valence-corrected chi connectivity index (χ1v) is 3.99. The van der Waals surface area contributed by atoms with Gasteiger partial charge in [-0.15, -0.1) is 0 Å². The van der Waals surface area contributed by atoms with Gasteiger partial charge in [-0.05, 0) is 24.3 Å². The standard InChI is InChI=1S/C10H11NO/c1-11-10-8-5-3-2-4-7(8)6-9(10)12/h2-6,10-12H,1H3/t10-/m0/s1. The Morgan fingerprint density at radius 1 is 1.33 bits per heavy atom. The predicted molar refractivity (Wildman–Crippen MR) is 48.8 cm³/mol. The zero-order chi connectivity index (χ0) is 8.55. The van der Waals surface area contributed by atoms with Crippen LogP contribution in [0.1, 0.15) is 17.2 Å². The van der Waals surface area contributed by atoms with Crippen molar-refractivity contribution in [2.45, 2.75) is 6.04 Å². The minimum atomic E-state index is -0.0128. The fraction of sp³-hybridized carbons (Fsp3) is 0.200. The molecule has 2 rings (SSSR count). The molecule has 2 N–H and O–H groups in total. The van der Waals surface area contributed by atoms with Gasteiger partial charge in [0.05, 0.1) is 6.04 Å². The van der Waals surface area contributed by atoms with Crippen molar-refractivity contribution in [1.29, 1.82) is 0 Å². The number of hydrogen-bond acceptors (Lipinski definition) is 2. The molecule has 1 atom stereocenters. The Balaban J connectivity index is 2.50. The minimum absolute atomic E-state index is 0.0128. The molecule has 2 nitrogen and oxygen atoms in total. The number of rotatable bonds is 1. The zero-order valence-corrected chi connectivity index (χ0v) is 6.91. The zero-order valence-electron chi connectivity index (χ0n) is 6.91. The molecular weight excluding hydrogens is 150 g/mol. The summed E-state index contributed by atoms with van der Waals surface area (Å²) >= 11 is 0. The molecule has 0 fully saturated rings. The highest BCUT2D eigenvalue weighted by atomic mass is 16.3. The Hall–Kier alpha value is -1.28. The quantitative estimate of drug-likeness (QED) is 0.659. The van der Waals surface area contributed by atoms with Crippen molar-refractivity contribution in [2.24, 2.45) is 0 Å². The number of aliphatic hydroxyl groups excluding tert-OH is 1. The first-order chi connectivity index (χ1) is 5.83. The Labute approximate surface area is 71.5 Å². The van der Waals surface area contributed by atoms with Crippen LogP contribution in [0.25, 0.3) is 6.08 Å². The Morgan fingerprint density at radius 2 is 2.08 bits per heavy atom. The summed E-state index contributed by atoms with van der Waals surface area (Å²) < 4.78 is 0. The van der Waals surface area contributed by atoms with E-state index >= 15 is 0 Å². The molecule has 0 aliphatic heterocycles. The predicted octanol–water partition coefficient (Wildman–Crippen LogP) is 1.86. The van der Waals surface area contributed by atoms with Crippen LogP contribution in [-0.2, 0) is 0 Å². The monoisotopic (exact) mass is 161 g/mol. The van der Waals surface area contributed by atoms with Crippen LogP contribution in [0.4, 0.5) is 0 Å². The molecule has 0 saturated heterocycles. The number of fused-ring (bicyclic) bond motifs is 1. The van der Waals surface area contributed by atoms with Gasteiger partial charge in [0.25, 0.3) is 0 Å². The van der Waals surface area contributed by atoms with Crippen LogP contribution >= 0.6 is 0 Å². The van der Waals surface area contributed by atoms with E-state index in [0.717, 1.165) is 11.1 Å². The molecule has 0 spiro atoms. The third-order valence-electron chi connectivity index (χ3n) is 2.19. The van der Waals surface area contributed by atoms with Crippen LogP contribution in [0.2, 0.25) is 0 Å². The van der Waals surface area contributed by atoms with E-state index in [1.54, 1.807) is 6.08 Å². The number of nitrogens with one attached hydrogen (secondary N) is 1. The number of likely N-dealkylation sites (N-methyl/N-ethyl adjacent to an activating group) is 1. The number of hydrogen-bond donors (Lipinski definition) is 2. The molecule has 12 heavy (non-hydrogen) atoms. The fourth-order valence-electron chi connectivity index (χ4n) is 1.61. The van der Waals surface area contributed by atoms with Crippen LogP contribution in [0.3, 0.4) is 0 Å². The summed E-state index contributed by atoms with van der Waals surface area (Å²) in [5.74, 6) is 0.402. The van der Waals surface area contributed by atoms with E-state index in [0.29, 0.717) is 5.76 Å². The van der Waals surface area contributed by atoms with Crippen LogP contribution in [0, 0.1) is 0 Å². The SMILES string of the molecule is CN[C@@H]1C(O)=Cc2ccccc21. The van der Waals surface area contributed by atoms with Crippen LogP contribution in [0.15, 0.2) is 30.0 Å². The lowest BCUT2D eigenvalue weighted by Crippen LogP contribution is -2.15. The summed E-state index contributed by atoms with van der Waals surface area (Å²) in [6, 6.07) is 7.97. The van der Waals surface area contributed by atoms with Crippen molar-refractivity contribution in [1.82, 2.24) is 5.32 Å². The summed E-state index contributed by atoms with van der Waals surface area (Å²) in [7, 11) is 1.84. The highest BCUT2D eigenvalue weighted by Gasteiger charge is 2.22. The highest BCUT2D eigenvalue weighted by molar-refractivity contribution is 5.64. The average Bonchev–Trinajstić information content (AvgIpc) is 2.40. The number of benzene rings is 1. The van der Waals surface area contributed by atoms with Crippen molar-refractivity contribution in [3.63, 3.8) is 0 Å². The largest absolute Gasteiger partial charge is 0.510 e. The second kappa shape index (κ2) is 2.64. The number of aliphatic hydroxyl groups is 1. The van der Waals surface area contributed by atoms with E-state index in [9.17, 15) is 5.11 Å². The lowest BCUT2D eigenvalue weighted by Gasteiger charge is -2.10. The van der Waals surface area contributed by atoms with Crippen LogP contribution in [-0.4, -0.2) is 12.2 Å². The summed E-state index contributed by atoms with van der Waals surface area (Å²) in [6.45, 7) is 0. The van der Waals surface area contributed by atoms with Gasteiger partial charge in [0, 0.05) is 0 Å². The lowest BCUT2D eigenvalue weighted by molar-refractivity contribution is 0.362. The Morgan fingerprint density at radius 3 is 2.83 bits per heavy atom. The molecule has 1 aliphatic rings. The van der Waals surface area contributed by atoms with Gasteiger partial charge in [0.15, 0.2) is 0 Å². The average molecular weight is 161 g/mol. The van der Waals surface area contributed by atoms with Crippen molar-refractivity contribution >= 4 is 6.08 Å². The van der Waals surface area contributed by atoms with Gasteiger partial charge in [0.1, 0.15) is 5.76 Å². The first-order valence-electron chi connectivity index (χ1n) is 3.99. The van der Waals surface area contributed by atoms with Crippen LogP contribution < -0.4 is 5.32 Å². The molecule has 0 unspecified atom stereocenters. The molecular formula is C10H11NO. The molecule has 62 valence electrons. The van der Waals surface area contributed by atoms with E-state index in [-0.39, 0.29) is 6.04 Å². The van der Waals surface area contributed by atoms with E-state index in [2.05, 4.69) is 5.32 Å². The van der Waals surface area contributed by atoms with Crippen molar-refractivity contribution in [2.75, 3.05) is 7.05 Å². The van der Waals surface area contributed by atoms with Gasteiger partial charge in [0.2, 0.25) is 0 Å². The van der Waals surface area contributed by atoms with Crippen molar-refractivity contribution < 1.29 is 5.11 Å². The Kier molecular flexibility index (Phi) is 1.62. The van der Waals surface area contributed by atoms with Crippen molar-refractivity contribution in [3.8, 4) is 0 Å². The smallest absolute Gasteiger partial charge is 0.114 e. The maximum absolute atomic E-state index is 9.51. The minimum Gasteiger partial charge on any atom is -0.510 e. The molecule has 2 heteroatoms. The molecule has 1 aromatic rings. The third-order valence-corrected chi connectivity index (χ3v) is 2.19. The fourth-order valence-corrected chi connectivity index (χ4v) is 1.61. The molecule has 1 aliphatic carbocycles. The second-order valence-electron chi connectivity index (χ2n) is 2.92. The topological polar surface area (TPSA) is 32.3 Å². The molecule has 0 amide bonds. The summed E-state index contributed by atoms with van der Waals surface area (Å²) in [6.07, 6.45) is 1.80. The lowest BCUT2D eigenvalue weighted by atomic mass is 10.1. The highest BCUT2D eigenvalue weighted by Crippen LogP contribution is 2.31. The van der Waals surface area contributed by atoms with Gasteiger partial charge in [-0.1, -0.05) is 24.3 Å². The summed E-state index contributed by atoms with van der Waals surface area (Å²) in [5, 5.41) is 12.6. The van der Waals surface area contributed by atoms with E-state index in [1.165, 1.54) is 0 Å². The van der Waals surface area contributed by atoms with E-state index in [4.69, 9.17) is 0 Å². The maximum atomic E-state index is 9.51. The molecule has 0 radical (unpaired) electrons. The van der Waals surface area contributed by atoms with Gasteiger partial charge in [-0.2, -0.15) is 0 Å². The molecule has 0 saturated carbocycles. The second-order valence-corrected chi connectivity index (χ2v) is 2.92. The third kappa shape index (κ3) is 0.924. The molecule has 1 aromatic carbocycles. The maximum Gasteiger partial charge on any atom is 0.114 e. The Bertz CT molecular complexity index is 330. The van der Waals surface area contributed by atoms with Gasteiger partial charge < -0.3 is 10.4 Å². The van der Waals surface area contributed by atoms with E-state index < -0.39 is 0 Å². The van der Waals surface area contributed by atoms with Crippen molar-refractivity contribution in [3.05, 3.63) is 41.2 Å². The van der Waals surface area contributed by atoms with Gasteiger partial charge in [-0.25, -0.2) is 0 Å². The van der Waals surface area contributed by atoms with Gasteiger partial charge in [-0.3, -0.25) is 0 Å². The first kappa shape index (κ1) is 7.37.